The van der Waals surface area contributed by atoms with Gasteiger partial charge in [-0.25, -0.2) is 4.90 Å². The molecule has 1 fully saturated rings. The largest absolute Gasteiger partial charge is 0.493 e. The molecular weight excluding hydrogens is 526 g/mol. The van der Waals surface area contributed by atoms with Gasteiger partial charge in [-0.3, -0.25) is 9.59 Å². The molecule has 0 bridgehead atoms. The molecular formula is C25H19BrClNO4S. The van der Waals surface area contributed by atoms with Gasteiger partial charge in [0, 0.05) is 9.50 Å². The summed E-state index contributed by atoms with van der Waals surface area (Å²) in [5.74, 6) is 0.698. The summed E-state index contributed by atoms with van der Waals surface area (Å²) in [4.78, 5) is 26.9. The van der Waals surface area contributed by atoms with Crippen LogP contribution in [-0.2, 0) is 11.4 Å². The summed E-state index contributed by atoms with van der Waals surface area (Å²) in [5, 5.41) is 0.164. The maximum absolute atomic E-state index is 12.9. The number of hydrogen-bond acceptors (Lipinski definition) is 5. The number of benzene rings is 3. The van der Waals surface area contributed by atoms with Gasteiger partial charge in [0.2, 0.25) is 0 Å². The van der Waals surface area contributed by atoms with E-state index in [1.165, 1.54) is 0 Å². The van der Waals surface area contributed by atoms with Crippen molar-refractivity contribution in [1.29, 1.82) is 0 Å². The van der Waals surface area contributed by atoms with Crippen molar-refractivity contribution in [1.82, 2.24) is 0 Å². The molecule has 3 aromatic rings. The molecule has 2 amide bonds. The highest BCUT2D eigenvalue weighted by atomic mass is 79.9. The van der Waals surface area contributed by atoms with Gasteiger partial charge in [-0.05, 0) is 72.3 Å². The summed E-state index contributed by atoms with van der Waals surface area (Å²) in [6.45, 7) is 2.42. The number of amides is 2. The summed E-state index contributed by atoms with van der Waals surface area (Å²) >= 11 is 10.3. The molecule has 0 saturated carbocycles. The van der Waals surface area contributed by atoms with E-state index < -0.39 is 5.91 Å². The summed E-state index contributed by atoms with van der Waals surface area (Å²) < 4.78 is 12.2. The Labute approximate surface area is 209 Å². The third-order valence-corrected chi connectivity index (χ3v) is 6.73. The van der Waals surface area contributed by atoms with Gasteiger partial charge >= 0.3 is 0 Å². The normalized spacial score (nSPS) is 14.8. The molecule has 5 nitrogen and oxygen atoms in total. The molecule has 1 aliphatic heterocycles. The number of imide groups is 1. The van der Waals surface area contributed by atoms with Crippen molar-refractivity contribution < 1.29 is 19.1 Å². The molecule has 3 aromatic carbocycles. The predicted octanol–water partition coefficient (Wildman–Crippen LogP) is 7.24. The van der Waals surface area contributed by atoms with Gasteiger partial charge in [0.1, 0.15) is 6.61 Å². The van der Waals surface area contributed by atoms with Crippen LogP contribution in [-0.4, -0.2) is 18.3 Å². The van der Waals surface area contributed by atoms with Crippen LogP contribution in [0.2, 0.25) is 5.02 Å². The van der Waals surface area contributed by atoms with E-state index in [2.05, 4.69) is 22.0 Å². The third-order valence-electron chi connectivity index (χ3n) is 4.92. The van der Waals surface area contributed by atoms with Gasteiger partial charge in [0.15, 0.2) is 11.5 Å². The highest BCUT2D eigenvalue weighted by molar-refractivity contribution is 9.10. The maximum atomic E-state index is 12.9. The number of methoxy groups -OCH3 is 1. The lowest BCUT2D eigenvalue weighted by atomic mass is 10.1. The first-order valence-corrected chi connectivity index (χ1v) is 11.9. The van der Waals surface area contributed by atoms with E-state index in [4.69, 9.17) is 21.1 Å². The summed E-state index contributed by atoms with van der Waals surface area (Å²) in [7, 11) is 1.56. The van der Waals surface area contributed by atoms with E-state index in [-0.39, 0.29) is 5.24 Å². The number of ether oxygens (including phenoxy) is 2. The molecule has 0 radical (unpaired) electrons. The molecule has 0 N–H and O–H groups in total. The van der Waals surface area contributed by atoms with Crippen LogP contribution in [0.3, 0.4) is 0 Å². The van der Waals surface area contributed by atoms with Crippen molar-refractivity contribution in [2.75, 3.05) is 12.0 Å². The molecule has 0 aliphatic carbocycles. The Morgan fingerprint density at radius 1 is 1.06 bits per heavy atom. The van der Waals surface area contributed by atoms with Crippen molar-refractivity contribution in [2.45, 2.75) is 13.5 Å². The second-order valence-corrected chi connectivity index (χ2v) is 9.58. The fraction of sp³-hybridized carbons (Fsp3) is 0.120. The Hall–Kier alpha value is -2.74. The van der Waals surface area contributed by atoms with Crippen LogP contribution in [0, 0.1) is 6.92 Å². The van der Waals surface area contributed by atoms with Crippen LogP contribution < -0.4 is 14.4 Å². The minimum atomic E-state index is -0.391. The van der Waals surface area contributed by atoms with Gasteiger partial charge in [0.25, 0.3) is 11.1 Å². The third kappa shape index (κ3) is 5.27. The minimum Gasteiger partial charge on any atom is -0.493 e. The average molecular weight is 545 g/mol. The molecule has 1 saturated heterocycles. The number of rotatable bonds is 6. The number of nitrogens with zero attached hydrogens (tertiary/aromatic N) is 1. The molecule has 8 heteroatoms. The van der Waals surface area contributed by atoms with Crippen LogP contribution >= 0.6 is 39.3 Å². The number of carbonyl (C=O) groups is 2. The number of hydrogen-bond donors (Lipinski definition) is 0. The molecule has 33 heavy (non-hydrogen) atoms. The standard InChI is InChI=1S/C25H19BrClNO4S/c1-15-4-3-5-16(10-15)14-32-22-13-20(26)17(11-21(22)31-2)12-23-24(29)28(25(30)33-23)19-8-6-18(27)7-9-19/h3-13H,14H2,1-2H3/b23-12+. The van der Waals surface area contributed by atoms with E-state index in [1.807, 2.05) is 25.1 Å². The van der Waals surface area contributed by atoms with Crippen LogP contribution in [0.25, 0.3) is 6.08 Å². The fourth-order valence-corrected chi connectivity index (χ4v) is 4.71. The molecule has 0 aromatic heterocycles. The Balaban J connectivity index is 1.58. The van der Waals surface area contributed by atoms with E-state index in [0.717, 1.165) is 27.8 Å². The van der Waals surface area contributed by atoms with Crippen molar-refractivity contribution in [3.05, 3.63) is 91.8 Å². The number of halogens is 2. The maximum Gasteiger partial charge on any atom is 0.298 e. The van der Waals surface area contributed by atoms with Crippen LogP contribution in [0.4, 0.5) is 10.5 Å². The topological polar surface area (TPSA) is 55.8 Å². The van der Waals surface area contributed by atoms with Gasteiger partial charge in [-0.15, -0.1) is 0 Å². The van der Waals surface area contributed by atoms with E-state index in [9.17, 15) is 9.59 Å². The fourth-order valence-electron chi connectivity index (χ4n) is 3.32. The van der Waals surface area contributed by atoms with Gasteiger partial charge in [-0.1, -0.05) is 57.4 Å². The highest BCUT2D eigenvalue weighted by Gasteiger charge is 2.36. The summed E-state index contributed by atoms with van der Waals surface area (Å²) in [6, 6.07) is 18.2. The molecule has 0 atom stereocenters. The Morgan fingerprint density at radius 2 is 1.82 bits per heavy atom. The highest BCUT2D eigenvalue weighted by Crippen LogP contribution is 2.39. The van der Waals surface area contributed by atoms with E-state index in [0.29, 0.717) is 43.8 Å². The smallest absolute Gasteiger partial charge is 0.298 e. The number of aryl methyl sites for hydroxylation is 1. The van der Waals surface area contributed by atoms with Gasteiger partial charge in [-0.2, -0.15) is 0 Å². The number of carbonyl (C=O) groups excluding carboxylic acids is 2. The van der Waals surface area contributed by atoms with Crippen LogP contribution in [0.5, 0.6) is 11.5 Å². The van der Waals surface area contributed by atoms with E-state index >= 15 is 0 Å². The summed E-state index contributed by atoms with van der Waals surface area (Å²) in [6.07, 6.45) is 1.66. The minimum absolute atomic E-state index is 0.311. The van der Waals surface area contributed by atoms with Crippen molar-refractivity contribution in [3.63, 3.8) is 0 Å². The first-order valence-electron chi connectivity index (χ1n) is 9.95. The Kier molecular flexibility index (Phi) is 7.12. The Morgan fingerprint density at radius 3 is 2.52 bits per heavy atom. The van der Waals surface area contributed by atoms with Crippen molar-refractivity contribution in [2.24, 2.45) is 0 Å². The first kappa shape index (κ1) is 23.4. The quantitative estimate of drug-likeness (QED) is 0.306. The average Bonchev–Trinajstić information content (AvgIpc) is 3.07. The molecule has 0 unspecified atom stereocenters. The van der Waals surface area contributed by atoms with E-state index in [1.54, 1.807) is 49.6 Å². The number of anilines is 1. The van der Waals surface area contributed by atoms with Crippen molar-refractivity contribution in [3.8, 4) is 11.5 Å². The van der Waals surface area contributed by atoms with Crippen molar-refractivity contribution >= 4 is 62.2 Å². The SMILES string of the molecule is COc1cc(/C=C2/SC(=O)N(c3ccc(Cl)cc3)C2=O)c(Br)cc1OCc1cccc(C)c1. The predicted molar refractivity (Wildman–Crippen MR) is 136 cm³/mol. The van der Waals surface area contributed by atoms with Crippen LogP contribution in [0.15, 0.2) is 70.0 Å². The Bertz CT molecular complexity index is 1260. The van der Waals surface area contributed by atoms with Gasteiger partial charge in [0.05, 0.1) is 17.7 Å². The molecule has 4 rings (SSSR count). The lowest BCUT2D eigenvalue weighted by molar-refractivity contribution is -0.113. The second-order valence-electron chi connectivity index (χ2n) is 7.30. The summed E-state index contributed by atoms with van der Waals surface area (Å²) in [5.41, 5.74) is 3.37. The zero-order chi connectivity index (χ0) is 23.5. The zero-order valence-electron chi connectivity index (χ0n) is 17.8. The zero-order valence-corrected chi connectivity index (χ0v) is 21.0. The molecule has 0 spiro atoms. The van der Waals surface area contributed by atoms with Gasteiger partial charge < -0.3 is 9.47 Å². The molecule has 1 heterocycles. The first-order chi connectivity index (χ1) is 15.9. The lowest BCUT2D eigenvalue weighted by Crippen LogP contribution is -2.27. The number of thioether (sulfide) groups is 1. The monoisotopic (exact) mass is 543 g/mol. The molecule has 1 aliphatic rings. The second kappa shape index (κ2) is 10.0. The van der Waals surface area contributed by atoms with Crippen LogP contribution in [0.1, 0.15) is 16.7 Å². The lowest BCUT2D eigenvalue weighted by Gasteiger charge is -2.14. The molecule has 168 valence electrons.